The Balaban J connectivity index is 1.35. The van der Waals surface area contributed by atoms with Gasteiger partial charge >= 0.3 is 0 Å². The highest BCUT2D eigenvalue weighted by Crippen LogP contribution is 2.31. The molecule has 5 rings (SSSR count). The zero-order valence-corrected chi connectivity index (χ0v) is 17.4. The fraction of sp³-hybridized carbons (Fsp3) is 0.217. The van der Waals surface area contributed by atoms with Crippen molar-refractivity contribution < 1.29 is 19.1 Å². The molecule has 10 heteroatoms. The molecule has 1 unspecified atom stereocenters. The number of piperidine rings is 1. The molecule has 0 radical (unpaired) electrons. The molecule has 3 amide bonds. The summed E-state index contributed by atoms with van der Waals surface area (Å²) < 4.78 is 7.28. The van der Waals surface area contributed by atoms with Crippen molar-refractivity contribution in [1.82, 2.24) is 25.2 Å². The van der Waals surface area contributed by atoms with Crippen LogP contribution in [-0.2, 0) is 22.7 Å². The van der Waals surface area contributed by atoms with Crippen molar-refractivity contribution >= 4 is 17.7 Å². The average Bonchev–Trinajstić information content (AvgIpc) is 3.43. The first-order valence-corrected chi connectivity index (χ1v) is 10.3. The summed E-state index contributed by atoms with van der Waals surface area (Å²) in [5.41, 5.74) is 2.99. The third-order valence-corrected chi connectivity index (χ3v) is 5.69. The fourth-order valence-electron chi connectivity index (χ4n) is 4.08. The van der Waals surface area contributed by atoms with Gasteiger partial charge in [0.2, 0.25) is 11.8 Å². The van der Waals surface area contributed by atoms with Crippen LogP contribution >= 0.6 is 0 Å². The highest BCUT2D eigenvalue weighted by molar-refractivity contribution is 6.05. The fourth-order valence-corrected chi connectivity index (χ4v) is 4.08. The van der Waals surface area contributed by atoms with E-state index in [1.807, 2.05) is 6.07 Å². The molecule has 1 atom stereocenters. The van der Waals surface area contributed by atoms with E-state index in [1.54, 1.807) is 47.3 Å². The topological polar surface area (TPSA) is 130 Å². The molecule has 2 aliphatic heterocycles. The first kappa shape index (κ1) is 20.4. The van der Waals surface area contributed by atoms with Gasteiger partial charge in [0.15, 0.2) is 0 Å². The van der Waals surface area contributed by atoms with Crippen LogP contribution < -0.4 is 10.1 Å². The monoisotopic (exact) mass is 442 g/mol. The lowest BCUT2D eigenvalue weighted by atomic mass is 10.0. The third-order valence-electron chi connectivity index (χ3n) is 5.69. The summed E-state index contributed by atoms with van der Waals surface area (Å²) in [5, 5.41) is 19.6. The van der Waals surface area contributed by atoms with E-state index in [0.717, 1.165) is 5.56 Å². The number of nitriles is 1. The van der Waals surface area contributed by atoms with Crippen molar-refractivity contribution in [2.24, 2.45) is 0 Å². The van der Waals surface area contributed by atoms with E-state index in [2.05, 4.69) is 21.7 Å². The Morgan fingerprint density at radius 2 is 2.03 bits per heavy atom. The third kappa shape index (κ3) is 3.80. The van der Waals surface area contributed by atoms with Gasteiger partial charge in [-0.05, 0) is 36.8 Å². The molecular weight excluding hydrogens is 424 g/mol. The van der Waals surface area contributed by atoms with Gasteiger partial charge in [0.1, 0.15) is 24.1 Å². The summed E-state index contributed by atoms with van der Waals surface area (Å²) in [6.07, 6.45) is 2.22. The number of benzene rings is 2. The lowest BCUT2D eigenvalue weighted by Gasteiger charge is -2.29. The van der Waals surface area contributed by atoms with Gasteiger partial charge < -0.3 is 9.64 Å². The van der Waals surface area contributed by atoms with Crippen molar-refractivity contribution in [3.8, 4) is 17.5 Å². The first-order valence-electron chi connectivity index (χ1n) is 10.3. The Hall–Kier alpha value is -4.52. The maximum absolute atomic E-state index is 13.0. The molecule has 1 saturated heterocycles. The molecule has 3 aromatic rings. The smallest absolute Gasteiger partial charge is 0.255 e. The molecule has 0 bridgehead atoms. The maximum Gasteiger partial charge on any atom is 0.255 e. The molecule has 1 aromatic heterocycles. The molecule has 2 aliphatic rings. The van der Waals surface area contributed by atoms with Gasteiger partial charge in [-0.25, -0.2) is 4.68 Å². The van der Waals surface area contributed by atoms with Crippen molar-refractivity contribution in [2.45, 2.75) is 32.0 Å². The predicted octanol–water partition coefficient (Wildman–Crippen LogP) is 1.48. The van der Waals surface area contributed by atoms with Crippen LogP contribution in [0.3, 0.4) is 0 Å². The molecular formula is C23H18N6O4. The second-order valence-corrected chi connectivity index (χ2v) is 7.79. The molecule has 1 fully saturated rings. The van der Waals surface area contributed by atoms with Gasteiger partial charge in [0.05, 0.1) is 23.5 Å². The van der Waals surface area contributed by atoms with E-state index in [4.69, 9.17) is 10.00 Å². The number of rotatable bonds is 5. The molecule has 164 valence electrons. The summed E-state index contributed by atoms with van der Waals surface area (Å²) in [6.45, 7) is 0.397. The number of nitrogens with zero attached hydrogens (tertiary/aromatic N) is 5. The number of imide groups is 1. The highest BCUT2D eigenvalue weighted by atomic mass is 16.5. The molecule has 0 saturated carbocycles. The molecule has 10 nitrogen and oxygen atoms in total. The molecule has 33 heavy (non-hydrogen) atoms. The minimum Gasteiger partial charge on any atom is -0.487 e. The number of nitrogens with one attached hydrogen (secondary N) is 1. The molecule has 2 aromatic carbocycles. The number of hydrogen-bond acceptors (Lipinski definition) is 7. The number of carbonyl (C=O) groups is 3. The molecule has 1 N–H and O–H groups in total. The van der Waals surface area contributed by atoms with E-state index in [9.17, 15) is 14.4 Å². The van der Waals surface area contributed by atoms with Crippen LogP contribution in [0.5, 0.6) is 5.75 Å². The van der Waals surface area contributed by atoms with Crippen molar-refractivity contribution in [3.05, 3.63) is 71.0 Å². The maximum atomic E-state index is 13.0. The summed E-state index contributed by atoms with van der Waals surface area (Å²) >= 11 is 0. The SMILES string of the molecule is N#Cc1cccc(OCc2cn(-c3cccc4c3CN(C3CCC(=O)NC3=O)C4=O)nn2)c1. The van der Waals surface area contributed by atoms with E-state index < -0.39 is 11.9 Å². The van der Waals surface area contributed by atoms with Crippen LogP contribution in [0.15, 0.2) is 48.7 Å². The Morgan fingerprint density at radius 3 is 2.85 bits per heavy atom. The van der Waals surface area contributed by atoms with Crippen LogP contribution in [0.4, 0.5) is 0 Å². The lowest BCUT2D eigenvalue weighted by Crippen LogP contribution is -2.52. The molecule has 3 heterocycles. The van der Waals surface area contributed by atoms with Crippen molar-refractivity contribution in [1.29, 1.82) is 5.26 Å². The Morgan fingerprint density at radius 1 is 1.18 bits per heavy atom. The number of carbonyl (C=O) groups excluding carboxylic acids is 3. The summed E-state index contributed by atoms with van der Waals surface area (Å²) in [4.78, 5) is 38.3. The van der Waals surface area contributed by atoms with Gasteiger partial charge in [0.25, 0.3) is 5.91 Å². The summed E-state index contributed by atoms with van der Waals surface area (Å²) in [5.74, 6) is -0.468. The van der Waals surface area contributed by atoms with E-state index in [1.165, 1.54) is 4.90 Å². The van der Waals surface area contributed by atoms with Gasteiger partial charge in [-0.2, -0.15) is 5.26 Å². The van der Waals surface area contributed by atoms with Gasteiger partial charge in [-0.15, -0.1) is 5.10 Å². The number of fused-ring (bicyclic) bond motifs is 1. The van der Waals surface area contributed by atoms with E-state index in [-0.39, 0.29) is 31.4 Å². The van der Waals surface area contributed by atoms with Gasteiger partial charge in [-0.1, -0.05) is 17.3 Å². The van der Waals surface area contributed by atoms with Crippen molar-refractivity contribution in [3.63, 3.8) is 0 Å². The number of ether oxygens (including phenoxy) is 1. The highest BCUT2D eigenvalue weighted by Gasteiger charge is 2.40. The Labute approximate surface area is 188 Å². The molecule has 0 aliphatic carbocycles. The first-order chi connectivity index (χ1) is 16.0. The average molecular weight is 442 g/mol. The zero-order valence-electron chi connectivity index (χ0n) is 17.4. The zero-order chi connectivity index (χ0) is 22.9. The minimum atomic E-state index is -0.681. The second-order valence-electron chi connectivity index (χ2n) is 7.79. The second kappa shape index (κ2) is 8.20. The number of aromatic nitrogens is 3. The quantitative estimate of drug-likeness (QED) is 0.592. The van der Waals surface area contributed by atoms with E-state index in [0.29, 0.717) is 34.7 Å². The Bertz CT molecular complexity index is 1320. The summed E-state index contributed by atoms with van der Waals surface area (Å²) in [7, 11) is 0. The standard InChI is InChI=1S/C23H18N6O4/c24-10-14-3-1-4-16(9-14)33-13-15-11-29(27-26-15)19-6-2-5-17-18(19)12-28(23(17)32)20-7-8-21(30)25-22(20)31/h1-6,9,11,20H,7-8,12-13H2,(H,25,30,31). The predicted molar refractivity (Wildman–Crippen MR) is 113 cm³/mol. The van der Waals surface area contributed by atoms with E-state index >= 15 is 0 Å². The lowest BCUT2D eigenvalue weighted by molar-refractivity contribution is -0.136. The minimum absolute atomic E-state index is 0.158. The van der Waals surface area contributed by atoms with Gasteiger partial charge in [0, 0.05) is 24.1 Å². The van der Waals surface area contributed by atoms with Crippen LogP contribution in [0.2, 0.25) is 0 Å². The number of hydrogen-bond donors (Lipinski definition) is 1. The van der Waals surface area contributed by atoms with Crippen LogP contribution in [0, 0.1) is 11.3 Å². The van der Waals surface area contributed by atoms with Crippen LogP contribution in [-0.4, -0.2) is 43.7 Å². The van der Waals surface area contributed by atoms with Gasteiger partial charge in [-0.3, -0.25) is 19.7 Å². The van der Waals surface area contributed by atoms with Crippen LogP contribution in [0.25, 0.3) is 5.69 Å². The number of amides is 3. The Kier molecular flexibility index (Phi) is 5.06. The van der Waals surface area contributed by atoms with Crippen molar-refractivity contribution in [2.75, 3.05) is 0 Å². The largest absolute Gasteiger partial charge is 0.487 e. The summed E-state index contributed by atoms with van der Waals surface area (Å²) in [6, 6.07) is 13.5. The normalized spacial score (nSPS) is 17.5. The molecule has 0 spiro atoms. The van der Waals surface area contributed by atoms with Crippen LogP contribution in [0.1, 0.15) is 40.0 Å².